The molecule has 0 aliphatic carbocycles. The molecule has 10 heteroatoms. The van der Waals surface area contributed by atoms with E-state index in [9.17, 15) is 9.59 Å². The van der Waals surface area contributed by atoms with Crippen LogP contribution in [0.2, 0.25) is 0 Å². The molecular formula is C37H43LiN2O6S. The molecule has 1 amide bonds. The van der Waals surface area contributed by atoms with Gasteiger partial charge in [0, 0.05) is 35.5 Å². The zero-order chi connectivity index (χ0) is 31.7. The summed E-state index contributed by atoms with van der Waals surface area (Å²) in [5.41, 5.74) is 3.48. The predicted octanol–water partition coefficient (Wildman–Crippen LogP) is 6.23. The number of carbonyl (C=O) groups excluding carboxylic acids is 1. The summed E-state index contributed by atoms with van der Waals surface area (Å²) in [6.45, 7) is 5.93. The van der Waals surface area contributed by atoms with Crippen molar-refractivity contribution in [1.29, 1.82) is 0 Å². The Morgan fingerprint density at radius 2 is 1.60 bits per heavy atom. The van der Waals surface area contributed by atoms with Crippen molar-refractivity contribution in [2.75, 3.05) is 52.5 Å². The Hall–Kier alpha value is -3.48. The fraction of sp³-hybridized carbons (Fsp3) is 0.405. The van der Waals surface area contributed by atoms with E-state index < -0.39 is 5.97 Å². The van der Waals surface area contributed by atoms with Crippen LogP contribution in [0.25, 0.3) is 20.5 Å². The number of benzene rings is 3. The minimum absolute atomic E-state index is 0. The number of hydrogen-bond acceptors (Lipinski definition) is 7. The molecular weight excluding hydrogens is 607 g/mol. The molecule has 1 N–H and O–H groups in total. The molecule has 4 aromatic rings. The van der Waals surface area contributed by atoms with E-state index in [0.717, 1.165) is 50.3 Å². The summed E-state index contributed by atoms with van der Waals surface area (Å²) in [5, 5.41) is 10.3. The molecule has 3 heterocycles. The Balaban J connectivity index is 0.00000433. The third kappa shape index (κ3) is 9.32. The van der Waals surface area contributed by atoms with Gasteiger partial charge in [0.05, 0.1) is 13.2 Å². The molecule has 2 saturated heterocycles. The first-order chi connectivity index (χ1) is 22.5. The van der Waals surface area contributed by atoms with Crippen LogP contribution in [0.15, 0.2) is 66.7 Å². The normalized spacial score (nSPS) is 14.8. The third-order valence-corrected chi connectivity index (χ3v) is 9.93. The molecule has 8 nitrogen and oxygen atoms in total. The average molecular weight is 651 g/mol. The maximum absolute atomic E-state index is 11.9. The number of carboxylic acid groups (broad SMARTS) is 1. The summed E-state index contributed by atoms with van der Waals surface area (Å²) >= 11 is 1.77. The summed E-state index contributed by atoms with van der Waals surface area (Å²) in [4.78, 5) is 28.4. The van der Waals surface area contributed by atoms with Gasteiger partial charge < -0.3 is 24.2 Å². The van der Waals surface area contributed by atoms with Gasteiger partial charge in [0.1, 0.15) is 19.0 Å². The first-order valence-electron chi connectivity index (χ1n) is 16.4. The van der Waals surface area contributed by atoms with Crippen molar-refractivity contribution in [2.24, 2.45) is 0 Å². The zero-order valence-corrected chi connectivity index (χ0v) is 27.1. The molecule has 0 saturated carbocycles. The van der Waals surface area contributed by atoms with Crippen molar-refractivity contribution in [3.05, 3.63) is 77.9 Å². The quantitative estimate of drug-likeness (QED) is 0.114. The second-order valence-electron chi connectivity index (χ2n) is 12.0. The Labute approximate surface area is 292 Å². The summed E-state index contributed by atoms with van der Waals surface area (Å²) in [5.74, 6) is 1.52. The van der Waals surface area contributed by atoms with Crippen LogP contribution < -0.4 is 14.2 Å². The van der Waals surface area contributed by atoms with Crippen molar-refractivity contribution < 1.29 is 28.9 Å². The molecule has 0 radical (unpaired) electrons. The Morgan fingerprint density at radius 3 is 2.36 bits per heavy atom. The van der Waals surface area contributed by atoms with Crippen LogP contribution in [0, 0.1) is 0 Å². The van der Waals surface area contributed by atoms with Crippen LogP contribution in [0.4, 0.5) is 0 Å². The molecule has 0 atom stereocenters. The number of nitrogens with zero attached hydrogens (tertiary/aromatic N) is 2. The van der Waals surface area contributed by atoms with E-state index in [4.69, 9.17) is 19.3 Å². The first-order valence-corrected chi connectivity index (χ1v) is 17.2. The van der Waals surface area contributed by atoms with Crippen molar-refractivity contribution in [2.45, 2.75) is 44.9 Å². The molecule has 2 aliphatic rings. The third-order valence-electron chi connectivity index (χ3n) is 8.67. The molecule has 47 heavy (non-hydrogen) atoms. The number of fused-ring (bicyclic) bond motifs is 1. The molecule has 244 valence electrons. The topological polar surface area (TPSA) is 88.5 Å². The van der Waals surface area contributed by atoms with Crippen LogP contribution in [0.3, 0.4) is 0 Å². The van der Waals surface area contributed by atoms with E-state index in [1.807, 2.05) is 29.2 Å². The van der Waals surface area contributed by atoms with Crippen LogP contribution in [0.5, 0.6) is 17.2 Å². The van der Waals surface area contributed by atoms with Crippen LogP contribution in [0.1, 0.15) is 49.7 Å². The molecule has 1 aromatic heterocycles. The fourth-order valence-corrected chi connectivity index (χ4v) is 7.42. The van der Waals surface area contributed by atoms with Crippen LogP contribution in [-0.2, 0) is 16.0 Å². The number of hydrogen-bond donors (Lipinski definition) is 1. The minimum atomic E-state index is -0.826. The summed E-state index contributed by atoms with van der Waals surface area (Å²) in [6, 6.07) is 22.9. The standard InChI is InChI=1S/C37H42N2O6S.Li.H/c40-35-9-5-19-39(35)21-24-43-29-14-11-27(12-15-29)25-31-30-7-1-2-8-34(30)46-37(31)28-13-16-32(45-23-20-38-17-3-4-18-38)33(26-28)44-22-6-10-36(41)42;;/h1-2,7-8,11-16,26H,3-6,9-10,17-25H2,(H,41,42);;. The molecule has 3 aromatic carbocycles. The first kappa shape index (κ1) is 34.8. The second-order valence-corrected chi connectivity index (χ2v) is 13.0. The number of aliphatic carboxylic acids is 1. The molecule has 0 unspecified atom stereocenters. The van der Waals surface area contributed by atoms with E-state index in [2.05, 4.69) is 47.4 Å². The fourth-order valence-electron chi connectivity index (χ4n) is 6.21. The SMILES string of the molecule is O=C(O)CCCOc1cc(-c2sc3ccccc3c2Cc2ccc(OCCN3CCCC3=O)cc2)ccc1OCCN1CCCC1.[LiH]. The molecule has 0 spiro atoms. The molecule has 2 fully saturated rings. The van der Waals surface area contributed by atoms with Gasteiger partial charge in [0.15, 0.2) is 11.5 Å². The van der Waals surface area contributed by atoms with Gasteiger partial charge in [-0.2, -0.15) is 0 Å². The second kappa shape index (κ2) is 17.1. The van der Waals surface area contributed by atoms with Gasteiger partial charge >= 0.3 is 24.8 Å². The molecule has 6 rings (SSSR count). The number of amides is 1. The van der Waals surface area contributed by atoms with Gasteiger partial charge in [-0.25, -0.2) is 0 Å². The monoisotopic (exact) mass is 650 g/mol. The number of ether oxygens (including phenoxy) is 3. The Kier molecular flexibility index (Phi) is 12.7. The molecule has 0 bridgehead atoms. The Morgan fingerprint density at radius 1 is 0.830 bits per heavy atom. The average Bonchev–Trinajstić information content (AvgIpc) is 3.82. The maximum atomic E-state index is 11.9. The van der Waals surface area contributed by atoms with Crippen molar-refractivity contribution >= 4 is 52.2 Å². The number of carboxylic acids is 1. The van der Waals surface area contributed by atoms with E-state index >= 15 is 0 Å². The Bertz CT molecular complexity index is 1640. The zero-order valence-electron chi connectivity index (χ0n) is 26.2. The number of likely N-dealkylation sites (tertiary alicyclic amines) is 2. The van der Waals surface area contributed by atoms with Crippen molar-refractivity contribution in [3.8, 4) is 27.7 Å². The van der Waals surface area contributed by atoms with Crippen LogP contribution >= 0.6 is 11.3 Å². The summed E-state index contributed by atoms with van der Waals surface area (Å²) in [7, 11) is 0. The van der Waals surface area contributed by atoms with Gasteiger partial charge in [-0.15, -0.1) is 11.3 Å². The summed E-state index contributed by atoms with van der Waals surface area (Å²) < 4.78 is 19.5. The van der Waals surface area contributed by atoms with E-state index in [0.29, 0.717) is 50.7 Å². The van der Waals surface area contributed by atoms with E-state index in [1.54, 1.807) is 11.3 Å². The van der Waals surface area contributed by atoms with Gasteiger partial charge in [-0.1, -0.05) is 30.3 Å². The number of thiophene rings is 1. The number of carbonyl (C=O) groups is 2. The van der Waals surface area contributed by atoms with Gasteiger partial charge in [0.2, 0.25) is 5.91 Å². The predicted molar refractivity (Wildman–Crippen MR) is 189 cm³/mol. The van der Waals surface area contributed by atoms with Crippen molar-refractivity contribution in [1.82, 2.24) is 9.80 Å². The number of rotatable bonds is 16. The van der Waals surface area contributed by atoms with Crippen molar-refractivity contribution in [3.63, 3.8) is 0 Å². The summed E-state index contributed by atoms with van der Waals surface area (Å²) in [6.07, 6.45) is 5.31. The van der Waals surface area contributed by atoms with E-state index in [-0.39, 0.29) is 31.2 Å². The van der Waals surface area contributed by atoms with Gasteiger partial charge in [0.25, 0.3) is 0 Å². The van der Waals surface area contributed by atoms with E-state index in [1.165, 1.54) is 38.9 Å². The molecule has 2 aliphatic heterocycles. The van der Waals surface area contributed by atoms with Gasteiger partial charge in [-0.3, -0.25) is 14.5 Å². The van der Waals surface area contributed by atoms with Gasteiger partial charge in [-0.05, 0) is 104 Å². The van der Waals surface area contributed by atoms with Crippen LogP contribution in [-0.4, -0.2) is 98.2 Å².